The van der Waals surface area contributed by atoms with E-state index >= 15 is 0 Å². The zero-order valence-corrected chi connectivity index (χ0v) is 16.3. The number of phenolic OH excluding ortho intramolecular Hbond substituents is 1. The number of fused-ring (bicyclic) bond motifs is 1. The Morgan fingerprint density at radius 1 is 1.03 bits per heavy atom. The minimum Gasteiger partial charge on any atom is -0.505 e. The number of hydrogen-bond acceptors (Lipinski definition) is 4. The number of hydrogen-bond donors (Lipinski definition) is 2. The van der Waals surface area contributed by atoms with Crippen LogP contribution in [-0.2, 0) is 0 Å². The summed E-state index contributed by atoms with van der Waals surface area (Å²) >= 11 is 0. The molecule has 0 radical (unpaired) electrons. The van der Waals surface area contributed by atoms with Crippen LogP contribution in [0.3, 0.4) is 0 Å². The first kappa shape index (κ1) is 18.7. The molecule has 2 aromatic carbocycles. The van der Waals surface area contributed by atoms with Crippen molar-refractivity contribution < 1.29 is 14.8 Å². The molecule has 1 atom stereocenters. The highest BCUT2D eigenvalue weighted by Gasteiger charge is 2.24. The molecule has 29 heavy (non-hydrogen) atoms. The molecule has 146 valence electrons. The number of aromatic hydroxyl groups is 1. The molecule has 0 saturated heterocycles. The van der Waals surface area contributed by atoms with Crippen LogP contribution in [0.5, 0.6) is 11.5 Å². The molecular formula is C24H24N3O2+. The Balaban J connectivity index is 1.75. The Hall–Kier alpha value is -3.60. The Kier molecular flexibility index (Phi) is 5.56. The van der Waals surface area contributed by atoms with E-state index in [4.69, 9.17) is 4.74 Å². The topological polar surface area (TPSA) is 68.5 Å². The van der Waals surface area contributed by atoms with Gasteiger partial charge in [0.1, 0.15) is 23.1 Å². The highest BCUT2D eigenvalue weighted by Crippen LogP contribution is 2.36. The number of rotatable bonds is 7. The quantitative estimate of drug-likeness (QED) is 0.481. The highest BCUT2D eigenvalue weighted by molar-refractivity contribution is 5.85. The number of aromatic amines is 1. The summed E-state index contributed by atoms with van der Waals surface area (Å²) in [6, 6.07) is 21.3. The molecule has 4 aromatic rings. The summed E-state index contributed by atoms with van der Waals surface area (Å²) in [5.74, 6) is 1.87. The molecule has 0 aliphatic rings. The predicted molar refractivity (Wildman–Crippen MR) is 114 cm³/mol. The van der Waals surface area contributed by atoms with Crippen LogP contribution in [0.1, 0.15) is 30.5 Å². The average molecular weight is 386 g/mol. The minimum absolute atomic E-state index is 0.183. The maximum Gasteiger partial charge on any atom is 0.272 e. The Labute approximate surface area is 170 Å². The lowest BCUT2D eigenvalue weighted by Gasteiger charge is -2.18. The van der Waals surface area contributed by atoms with E-state index in [1.807, 2.05) is 72.9 Å². The van der Waals surface area contributed by atoms with Gasteiger partial charge < -0.3 is 9.84 Å². The van der Waals surface area contributed by atoms with Gasteiger partial charge in [-0.25, -0.2) is 4.98 Å². The number of pyridine rings is 2. The van der Waals surface area contributed by atoms with Crippen molar-refractivity contribution in [3.63, 3.8) is 0 Å². The fourth-order valence-corrected chi connectivity index (χ4v) is 3.33. The molecule has 5 heteroatoms. The van der Waals surface area contributed by atoms with Gasteiger partial charge in [-0.15, -0.1) is 0 Å². The summed E-state index contributed by atoms with van der Waals surface area (Å²) in [5, 5.41) is 15.4. The molecular weight excluding hydrogens is 362 g/mol. The van der Waals surface area contributed by atoms with Gasteiger partial charge in [0, 0.05) is 28.8 Å². The number of benzene rings is 2. The second-order valence-corrected chi connectivity index (χ2v) is 6.85. The van der Waals surface area contributed by atoms with Gasteiger partial charge in [-0.2, -0.15) is 0 Å². The van der Waals surface area contributed by atoms with Gasteiger partial charge in [-0.05, 0) is 36.8 Å². The fraction of sp³-hybridized carbons (Fsp3) is 0.167. The number of ether oxygens (including phenoxy) is 1. The van der Waals surface area contributed by atoms with E-state index < -0.39 is 0 Å². The molecule has 0 fully saturated rings. The lowest BCUT2D eigenvalue weighted by Crippen LogP contribution is -2.18. The SMILES string of the molecule is CCCOc1ccc([C@@H](Nc2cccc[nH+]2)c2ccc3cccnc3c2O)cc1. The Morgan fingerprint density at radius 2 is 1.90 bits per heavy atom. The summed E-state index contributed by atoms with van der Waals surface area (Å²) in [6.07, 6.45) is 4.52. The van der Waals surface area contributed by atoms with Crippen LogP contribution >= 0.6 is 0 Å². The van der Waals surface area contributed by atoms with E-state index in [9.17, 15) is 5.11 Å². The van der Waals surface area contributed by atoms with E-state index in [0.717, 1.165) is 34.5 Å². The fourth-order valence-electron chi connectivity index (χ4n) is 3.33. The number of phenols is 1. The summed E-state index contributed by atoms with van der Waals surface area (Å²) in [5.41, 5.74) is 2.36. The summed E-state index contributed by atoms with van der Waals surface area (Å²) in [6.45, 7) is 2.78. The summed E-state index contributed by atoms with van der Waals surface area (Å²) < 4.78 is 5.71. The van der Waals surface area contributed by atoms with Crippen LogP contribution < -0.4 is 15.0 Å². The first-order valence-corrected chi connectivity index (χ1v) is 9.79. The number of nitrogens with one attached hydrogen (secondary N) is 2. The monoisotopic (exact) mass is 386 g/mol. The van der Waals surface area contributed by atoms with Gasteiger partial charge in [-0.1, -0.05) is 37.3 Å². The molecule has 5 nitrogen and oxygen atoms in total. The normalized spacial score (nSPS) is 11.9. The number of H-pyrrole nitrogens is 1. The van der Waals surface area contributed by atoms with E-state index in [1.165, 1.54) is 0 Å². The van der Waals surface area contributed by atoms with Gasteiger partial charge >= 0.3 is 0 Å². The summed E-state index contributed by atoms with van der Waals surface area (Å²) in [7, 11) is 0. The maximum absolute atomic E-state index is 11.0. The van der Waals surface area contributed by atoms with E-state index in [1.54, 1.807) is 6.20 Å². The molecule has 2 heterocycles. The van der Waals surface area contributed by atoms with Crippen LogP contribution in [0, 0.1) is 0 Å². The lowest BCUT2D eigenvalue weighted by atomic mass is 9.96. The van der Waals surface area contributed by atoms with E-state index in [2.05, 4.69) is 22.2 Å². The van der Waals surface area contributed by atoms with Crippen molar-refractivity contribution in [3.8, 4) is 11.5 Å². The molecule has 2 aromatic heterocycles. The van der Waals surface area contributed by atoms with Crippen LogP contribution in [-0.4, -0.2) is 16.7 Å². The Bertz CT molecular complexity index is 1080. The van der Waals surface area contributed by atoms with Gasteiger partial charge in [-0.3, -0.25) is 10.3 Å². The van der Waals surface area contributed by atoms with Crippen molar-refractivity contribution in [1.29, 1.82) is 0 Å². The van der Waals surface area contributed by atoms with Crippen molar-refractivity contribution in [3.05, 3.63) is 90.3 Å². The van der Waals surface area contributed by atoms with Crippen molar-refractivity contribution >= 4 is 16.7 Å². The van der Waals surface area contributed by atoms with Crippen LogP contribution in [0.15, 0.2) is 79.1 Å². The smallest absolute Gasteiger partial charge is 0.272 e. The third-order valence-corrected chi connectivity index (χ3v) is 4.79. The molecule has 4 rings (SSSR count). The van der Waals surface area contributed by atoms with Crippen molar-refractivity contribution in [2.75, 3.05) is 11.9 Å². The van der Waals surface area contributed by atoms with Crippen LogP contribution in [0.4, 0.5) is 5.82 Å². The predicted octanol–water partition coefficient (Wildman–Crippen LogP) is 4.74. The molecule has 0 bridgehead atoms. The van der Waals surface area contributed by atoms with Crippen LogP contribution in [0.2, 0.25) is 0 Å². The first-order valence-electron chi connectivity index (χ1n) is 9.79. The number of anilines is 1. The van der Waals surface area contributed by atoms with Gasteiger partial charge in [0.05, 0.1) is 12.8 Å². The van der Waals surface area contributed by atoms with Crippen molar-refractivity contribution in [1.82, 2.24) is 4.98 Å². The largest absolute Gasteiger partial charge is 0.505 e. The third-order valence-electron chi connectivity index (χ3n) is 4.79. The zero-order chi connectivity index (χ0) is 20.1. The highest BCUT2D eigenvalue weighted by atomic mass is 16.5. The molecule has 3 N–H and O–H groups in total. The first-order chi connectivity index (χ1) is 14.3. The van der Waals surface area contributed by atoms with Gasteiger partial charge in [0.15, 0.2) is 0 Å². The number of nitrogens with zero attached hydrogens (tertiary/aromatic N) is 1. The minimum atomic E-state index is -0.264. The standard InChI is InChI=1S/C24H23N3O2/c1-2-16-29-19-11-8-18(9-12-19)22(27-21-7-3-4-14-25-21)20-13-10-17-6-5-15-26-23(17)24(20)28/h3-15,22,28H,2,16H2,1H3,(H,25,27)/p+1/t22-/m1/s1. The third kappa shape index (κ3) is 4.14. The summed E-state index contributed by atoms with van der Waals surface area (Å²) in [4.78, 5) is 7.57. The molecule has 0 spiro atoms. The molecule has 0 aliphatic carbocycles. The zero-order valence-electron chi connectivity index (χ0n) is 16.3. The Morgan fingerprint density at radius 3 is 2.66 bits per heavy atom. The lowest BCUT2D eigenvalue weighted by molar-refractivity contribution is -0.361. The van der Waals surface area contributed by atoms with E-state index in [-0.39, 0.29) is 11.8 Å². The van der Waals surface area contributed by atoms with Crippen molar-refractivity contribution in [2.24, 2.45) is 0 Å². The second-order valence-electron chi connectivity index (χ2n) is 6.85. The average Bonchev–Trinajstić information content (AvgIpc) is 2.78. The van der Waals surface area contributed by atoms with Crippen molar-refractivity contribution in [2.45, 2.75) is 19.4 Å². The second kappa shape index (κ2) is 8.61. The number of aromatic nitrogens is 2. The maximum atomic E-state index is 11.0. The van der Waals surface area contributed by atoms with E-state index in [0.29, 0.717) is 12.1 Å². The molecule has 0 aliphatic heterocycles. The van der Waals surface area contributed by atoms with Gasteiger partial charge in [0.25, 0.3) is 5.82 Å². The van der Waals surface area contributed by atoms with Crippen LogP contribution in [0.25, 0.3) is 10.9 Å². The molecule has 0 unspecified atom stereocenters. The molecule has 0 saturated carbocycles. The molecule has 0 amide bonds. The van der Waals surface area contributed by atoms with Gasteiger partial charge in [0.2, 0.25) is 0 Å².